The van der Waals surface area contributed by atoms with Crippen molar-refractivity contribution in [1.82, 2.24) is 0 Å². The van der Waals surface area contributed by atoms with E-state index < -0.39 is 11.9 Å². The van der Waals surface area contributed by atoms with Gasteiger partial charge in [0.2, 0.25) is 0 Å². The Morgan fingerprint density at radius 3 is 2.25 bits per heavy atom. The Kier molecular flexibility index (Phi) is 1.86. The minimum Gasteiger partial charge on any atom is -0.484 e. The van der Waals surface area contributed by atoms with Crippen LogP contribution in [0.1, 0.15) is 13.8 Å². The van der Waals surface area contributed by atoms with Crippen molar-refractivity contribution in [2.24, 2.45) is 17.3 Å². The average Bonchev–Trinajstić information content (AvgIpc) is 2.52. The van der Waals surface area contributed by atoms with Crippen molar-refractivity contribution in [2.45, 2.75) is 13.8 Å². The zero-order valence-corrected chi connectivity index (χ0v) is 7.42. The fourth-order valence-corrected chi connectivity index (χ4v) is 1.71. The van der Waals surface area contributed by atoms with E-state index in [1.165, 1.54) is 7.11 Å². The largest absolute Gasteiger partial charge is 0.484 e. The summed E-state index contributed by atoms with van der Waals surface area (Å²) in [5.74, 6) is -1.47. The maximum atomic E-state index is 10.7. The van der Waals surface area contributed by atoms with Crippen LogP contribution in [0.4, 0.5) is 0 Å². The number of hydrogen-bond donors (Lipinski definition) is 2. The van der Waals surface area contributed by atoms with E-state index in [0.717, 1.165) is 0 Å². The minimum absolute atomic E-state index is 0.0763. The second-order valence-electron chi connectivity index (χ2n) is 3.68. The highest BCUT2D eigenvalue weighted by molar-refractivity contribution is 5.89. The lowest BCUT2D eigenvalue weighted by Crippen LogP contribution is -2.08. The van der Waals surface area contributed by atoms with Gasteiger partial charge in [-0.2, -0.15) is 0 Å². The summed E-state index contributed by atoms with van der Waals surface area (Å²) in [6.07, 6.45) is 0. The second-order valence-corrected chi connectivity index (χ2v) is 3.68. The molecule has 12 heavy (non-hydrogen) atoms. The molecule has 0 heterocycles. The Bertz CT molecular complexity index is 234. The van der Waals surface area contributed by atoms with Gasteiger partial charge in [-0.25, -0.2) is 0 Å². The molecule has 2 atom stereocenters. The van der Waals surface area contributed by atoms with Crippen molar-refractivity contribution < 1.29 is 14.6 Å². The summed E-state index contributed by atoms with van der Waals surface area (Å²) in [5.41, 5.74) is -0.321. The van der Waals surface area contributed by atoms with Crippen LogP contribution in [-0.2, 0) is 9.53 Å². The first kappa shape index (κ1) is 9.03. The Morgan fingerprint density at radius 1 is 1.50 bits per heavy atom. The second kappa shape index (κ2) is 2.47. The van der Waals surface area contributed by atoms with Gasteiger partial charge in [-0.3, -0.25) is 10.2 Å². The normalized spacial score (nSPS) is 30.9. The van der Waals surface area contributed by atoms with Gasteiger partial charge in [-0.05, 0) is 5.41 Å². The molecule has 4 heteroatoms. The van der Waals surface area contributed by atoms with E-state index in [1.807, 2.05) is 13.8 Å². The van der Waals surface area contributed by atoms with E-state index in [2.05, 4.69) is 0 Å². The highest BCUT2D eigenvalue weighted by Crippen LogP contribution is 2.58. The Morgan fingerprint density at radius 2 is 2.00 bits per heavy atom. The van der Waals surface area contributed by atoms with Gasteiger partial charge in [-0.15, -0.1) is 0 Å². The van der Waals surface area contributed by atoms with Crippen LogP contribution in [0.5, 0.6) is 0 Å². The van der Waals surface area contributed by atoms with Crippen LogP contribution in [0.2, 0.25) is 0 Å². The van der Waals surface area contributed by atoms with Gasteiger partial charge in [0.15, 0.2) is 5.90 Å². The van der Waals surface area contributed by atoms with E-state index in [-0.39, 0.29) is 17.2 Å². The third-order valence-corrected chi connectivity index (χ3v) is 2.60. The maximum Gasteiger partial charge on any atom is 0.307 e. The van der Waals surface area contributed by atoms with Crippen LogP contribution in [-0.4, -0.2) is 24.1 Å². The number of ether oxygens (including phenoxy) is 1. The minimum atomic E-state index is -0.841. The third-order valence-electron chi connectivity index (χ3n) is 2.60. The van der Waals surface area contributed by atoms with E-state index in [0.29, 0.717) is 0 Å². The quantitative estimate of drug-likeness (QED) is 0.480. The summed E-state index contributed by atoms with van der Waals surface area (Å²) >= 11 is 0. The molecule has 1 fully saturated rings. The van der Waals surface area contributed by atoms with E-state index in [1.54, 1.807) is 0 Å². The monoisotopic (exact) mass is 171 g/mol. The topological polar surface area (TPSA) is 70.4 Å². The fraction of sp³-hybridized carbons (Fsp3) is 0.750. The van der Waals surface area contributed by atoms with E-state index >= 15 is 0 Å². The number of methoxy groups -OCH3 is 1. The summed E-state index contributed by atoms with van der Waals surface area (Å²) in [5, 5.41) is 16.1. The molecule has 0 aromatic heterocycles. The maximum absolute atomic E-state index is 10.7. The molecule has 4 nitrogen and oxygen atoms in total. The van der Waals surface area contributed by atoms with Crippen molar-refractivity contribution in [3.05, 3.63) is 0 Å². The Balaban J connectivity index is 2.73. The van der Waals surface area contributed by atoms with Crippen LogP contribution in [0, 0.1) is 22.7 Å². The number of carbonyl (C=O) groups is 1. The molecule has 1 rings (SSSR count). The van der Waals surface area contributed by atoms with Gasteiger partial charge in [0.25, 0.3) is 0 Å². The molecule has 1 saturated carbocycles. The highest BCUT2D eigenvalue weighted by Gasteiger charge is 2.65. The summed E-state index contributed by atoms with van der Waals surface area (Å²) in [4.78, 5) is 10.7. The first-order chi connectivity index (χ1) is 5.42. The number of carboxylic acids is 1. The standard InChI is InChI=1S/C8H13NO3/c1-8(2)4(6(9)12-3)5(8)7(10)11/h4-5,9H,1-3H3,(H,10,11)/t4?,5-/m0/s1. The zero-order chi connectivity index (χ0) is 9.52. The number of hydrogen-bond acceptors (Lipinski definition) is 3. The zero-order valence-electron chi connectivity index (χ0n) is 7.42. The van der Waals surface area contributed by atoms with Crippen molar-refractivity contribution in [1.29, 1.82) is 5.41 Å². The molecule has 0 saturated heterocycles. The van der Waals surface area contributed by atoms with Gasteiger partial charge >= 0.3 is 5.97 Å². The highest BCUT2D eigenvalue weighted by atomic mass is 16.5. The molecule has 1 unspecified atom stereocenters. The summed E-state index contributed by atoms with van der Waals surface area (Å²) in [6, 6.07) is 0. The summed E-state index contributed by atoms with van der Waals surface area (Å²) < 4.78 is 4.71. The fourth-order valence-electron chi connectivity index (χ4n) is 1.71. The molecule has 0 spiro atoms. The lowest BCUT2D eigenvalue weighted by atomic mass is 10.1. The van der Waals surface area contributed by atoms with Crippen molar-refractivity contribution in [3.8, 4) is 0 Å². The van der Waals surface area contributed by atoms with Crippen LogP contribution in [0.3, 0.4) is 0 Å². The molecular formula is C8H13NO3. The van der Waals surface area contributed by atoms with Gasteiger partial charge in [0.05, 0.1) is 18.9 Å². The Labute approximate surface area is 71.0 Å². The molecule has 1 aliphatic carbocycles. The van der Waals surface area contributed by atoms with E-state index in [4.69, 9.17) is 15.3 Å². The molecule has 1 aliphatic rings. The van der Waals surface area contributed by atoms with Crippen molar-refractivity contribution in [3.63, 3.8) is 0 Å². The predicted octanol–water partition coefficient (Wildman–Crippen LogP) is 0.967. The summed E-state index contributed by atoms with van der Waals surface area (Å²) in [7, 11) is 1.40. The van der Waals surface area contributed by atoms with E-state index in [9.17, 15) is 4.79 Å². The molecule has 68 valence electrons. The molecule has 0 amide bonds. The smallest absolute Gasteiger partial charge is 0.307 e. The lowest BCUT2D eigenvalue weighted by Gasteiger charge is -2.01. The van der Waals surface area contributed by atoms with Crippen LogP contribution in [0.25, 0.3) is 0 Å². The van der Waals surface area contributed by atoms with Gasteiger partial charge in [-0.1, -0.05) is 13.8 Å². The molecule has 0 aromatic rings. The molecule has 0 bridgehead atoms. The number of aliphatic carboxylic acids is 1. The first-order valence-corrected chi connectivity index (χ1v) is 3.78. The SMILES string of the molecule is COC(=N)C1[C@@H](C(=O)O)C1(C)C. The van der Waals surface area contributed by atoms with Crippen LogP contribution >= 0.6 is 0 Å². The average molecular weight is 171 g/mol. The predicted molar refractivity (Wildman–Crippen MR) is 43.1 cm³/mol. The van der Waals surface area contributed by atoms with Gasteiger partial charge in [0, 0.05) is 0 Å². The van der Waals surface area contributed by atoms with Gasteiger partial charge < -0.3 is 9.84 Å². The first-order valence-electron chi connectivity index (χ1n) is 3.78. The van der Waals surface area contributed by atoms with Crippen LogP contribution in [0.15, 0.2) is 0 Å². The number of carboxylic acid groups (broad SMARTS) is 1. The molecular weight excluding hydrogens is 158 g/mol. The third kappa shape index (κ3) is 1.07. The van der Waals surface area contributed by atoms with Crippen molar-refractivity contribution in [2.75, 3.05) is 7.11 Å². The summed E-state index contributed by atoms with van der Waals surface area (Å²) in [6.45, 7) is 3.67. The molecule has 0 aromatic carbocycles. The van der Waals surface area contributed by atoms with Crippen LogP contribution < -0.4 is 0 Å². The molecule has 0 aliphatic heterocycles. The van der Waals surface area contributed by atoms with Crippen molar-refractivity contribution >= 4 is 11.9 Å². The number of rotatable bonds is 2. The lowest BCUT2D eigenvalue weighted by molar-refractivity contribution is -0.139. The molecule has 0 radical (unpaired) electrons. The Hall–Kier alpha value is -1.06. The number of nitrogens with one attached hydrogen (secondary N) is 1. The van der Waals surface area contributed by atoms with Gasteiger partial charge in [0.1, 0.15) is 0 Å². The molecule has 2 N–H and O–H groups in total.